The molecule has 1 aromatic heterocycles. The van der Waals surface area contributed by atoms with Gasteiger partial charge in [0.2, 0.25) is 5.91 Å². The van der Waals surface area contributed by atoms with Crippen LogP contribution in [-0.4, -0.2) is 23.9 Å². The van der Waals surface area contributed by atoms with E-state index in [4.69, 9.17) is 21.9 Å². The van der Waals surface area contributed by atoms with Gasteiger partial charge in [-0.3, -0.25) is 14.3 Å². The number of primary amides is 1. The van der Waals surface area contributed by atoms with Gasteiger partial charge in [-0.05, 0) is 35.9 Å². The fourth-order valence-corrected chi connectivity index (χ4v) is 2.42. The predicted molar refractivity (Wildman–Crippen MR) is 92.5 cm³/mol. The summed E-state index contributed by atoms with van der Waals surface area (Å²) in [6.45, 7) is 0. The molecule has 2 rings (SSSR count). The van der Waals surface area contributed by atoms with Crippen LogP contribution in [0.5, 0.6) is 0 Å². The van der Waals surface area contributed by atoms with Gasteiger partial charge in [0.05, 0.1) is 16.0 Å². The Bertz CT molecular complexity index is 811. The normalized spacial score (nSPS) is 10.9. The van der Waals surface area contributed by atoms with Crippen LogP contribution >= 0.6 is 27.5 Å². The molecule has 9 heteroatoms. The number of hydrogen-bond donors (Lipinski definition) is 2. The van der Waals surface area contributed by atoms with Crippen LogP contribution in [0.15, 0.2) is 52.6 Å². The number of benzene rings is 1. The third-order valence-corrected chi connectivity index (χ3v) is 3.60. The first-order valence-corrected chi connectivity index (χ1v) is 8.67. The van der Waals surface area contributed by atoms with E-state index in [1.165, 1.54) is 12.3 Å². The van der Waals surface area contributed by atoms with E-state index in [2.05, 4.69) is 20.9 Å². The molecule has 6 nitrogen and oxygen atoms in total. The number of hydrogen-bond acceptors (Lipinski definition) is 4. The minimum atomic E-state index is -4.03. The highest BCUT2D eigenvalue weighted by atomic mass is 79.9. The Labute approximate surface area is 146 Å². The van der Waals surface area contributed by atoms with Crippen molar-refractivity contribution in [2.24, 2.45) is 5.73 Å². The zero-order chi connectivity index (χ0) is 17.5. The molecule has 2 aromatic rings. The maximum Gasteiger partial charge on any atom is 0.287 e. The number of halogens is 2. The van der Waals surface area contributed by atoms with Crippen LogP contribution in [0.3, 0.4) is 0 Å². The lowest BCUT2D eigenvalue weighted by Crippen LogP contribution is -2.11. The van der Waals surface area contributed by atoms with Gasteiger partial charge in [-0.25, -0.2) is 0 Å². The number of nitrogens with zero attached hydrogens (tertiary/aromatic N) is 1. The Morgan fingerprint density at radius 3 is 2.52 bits per heavy atom. The Morgan fingerprint density at radius 1 is 1.35 bits per heavy atom. The molecule has 0 spiro atoms. The van der Waals surface area contributed by atoms with Crippen molar-refractivity contribution in [3.05, 3.63) is 68.8 Å². The second-order valence-electron chi connectivity index (χ2n) is 4.09. The van der Waals surface area contributed by atoms with Crippen LogP contribution in [0.1, 0.15) is 15.9 Å². The molecule has 0 radical (unpaired) electrons. The molecule has 0 bridgehead atoms. The summed E-state index contributed by atoms with van der Waals surface area (Å²) in [5.41, 5.74) is 5.99. The lowest BCUT2D eigenvalue weighted by atomic mass is 10.2. The van der Waals surface area contributed by atoms with Crippen molar-refractivity contribution in [3.8, 4) is 0 Å². The summed E-state index contributed by atoms with van der Waals surface area (Å²) in [7, 11) is -4.03. The summed E-state index contributed by atoms with van der Waals surface area (Å²) >= 11 is 8.90. The van der Waals surface area contributed by atoms with Gasteiger partial charge in [-0.1, -0.05) is 33.6 Å². The third-order valence-electron chi connectivity index (χ3n) is 2.31. The molecule has 3 N–H and O–H groups in total. The quantitative estimate of drug-likeness (QED) is 0.743. The first-order chi connectivity index (χ1) is 10.7. The fraction of sp³-hybridized carbons (Fsp3) is 0. The average Bonchev–Trinajstić information content (AvgIpc) is 2.46. The SMILES string of the molecule is NC(=O)c1ccc(Br)cc1Cl.O=S(=O)(O)C=Cc1cccnc1. The minimum absolute atomic E-state index is 0.342. The number of rotatable bonds is 3. The molecule has 0 fully saturated rings. The maximum absolute atomic E-state index is 10.7. The molecule has 0 aliphatic rings. The Hall–Kier alpha value is -1.74. The lowest BCUT2D eigenvalue weighted by Gasteiger charge is -1.98. The van der Waals surface area contributed by atoms with Crippen molar-refractivity contribution < 1.29 is 17.8 Å². The van der Waals surface area contributed by atoms with Crippen molar-refractivity contribution in [2.45, 2.75) is 0 Å². The van der Waals surface area contributed by atoms with Gasteiger partial charge in [-0.15, -0.1) is 0 Å². The first-order valence-electron chi connectivity index (χ1n) is 5.99. The molecule has 0 aliphatic carbocycles. The van der Waals surface area contributed by atoms with Crippen molar-refractivity contribution >= 4 is 49.6 Å². The molecular formula is C14H12BrClN2O4S. The van der Waals surface area contributed by atoms with E-state index < -0.39 is 16.0 Å². The van der Waals surface area contributed by atoms with Gasteiger partial charge >= 0.3 is 0 Å². The smallest absolute Gasteiger partial charge is 0.287 e. The van der Waals surface area contributed by atoms with Gasteiger partial charge in [-0.2, -0.15) is 8.42 Å². The van der Waals surface area contributed by atoms with Crippen LogP contribution in [0.25, 0.3) is 6.08 Å². The van der Waals surface area contributed by atoms with E-state index in [-0.39, 0.29) is 0 Å². The van der Waals surface area contributed by atoms with Crippen LogP contribution in [0.4, 0.5) is 0 Å². The van der Waals surface area contributed by atoms with E-state index in [1.54, 1.807) is 36.5 Å². The van der Waals surface area contributed by atoms with Crippen molar-refractivity contribution in [1.82, 2.24) is 4.98 Å². The molecule has 0 saturated carbocycles. The first kappa shape index (κ1) is 19.3. The second-order valence-corrected chi connectivity index (χ2v) is 6.72. The average molecular weight is 420 g/mol. The van der Waals surface area contributed by atoms with Crippen molar-refractivity contribution in [3.63, 3.8) is 0 Å². The molecule has 0 unspecified atom stereocenters. The standard InChI is InChI=1S/C7H5BrClNO.C7H7NO3S/c8-4-1-2-5(7(10)11)6(9)3-4;9-12(10,11)5-3-7-2-1-4-8-6-7/h1-3H,(H2,10,11);1-6H,(H,9,10,11). The molecule has 1 heterocycles. The Balaban J connectivity index is 0.000000231. The number of amides is 1. The van der Waals surface area contributed by atoms with Crippen LogP contribution in [0.2, 0.25) is 5.02 Å². The summed E-state index contributed by atoms with van der Waals surface area (Å²) < 4.78 is 29.7. The summed E-state index contributed by atoms with van der Waals surface area (Å²) in [6, 6.07) is 8.26. The number of nitrogens with two attached hydrogens (primary N) is 1. The van der Waals surface area contributed by atoms with Crippen LogP contribution in [0, 0.1) is 0 Å². The molecule has 0 saturated heterocycles. The number of pyridine rings is 1. The zero-order valence-electron chi connectivity index (χ0n) is 11.6. The molecule has 0 aliphatic heterocycles. The van der Waals surface area contributed by atoms with Gasteiger partial charge in [0.1, 0.15) is 0 Å². The van der Waals surface area contributed by atoms with E-state index in [9.17, 15) is 13.2 Å². The number of carbonyl (C=O) groups is 1. The van der Waals surface area contributed by atoms with E-state index in [0.29, 0.717) is 21.6 Å². The largest absolute Gasteiger partial charge is 0.366 e. The minimum Gasteiger partial charge on any atom is -0.366 e. The Morgan fingerprint density at radius 2 is 2.04 bits per heavy atom. The summed E-state index contributed by atoms with van der Waals surface area (Å²) in [6.07, 6.45) is 4.33. The summed E-state index contributed by atoms with van der Waals surface area (Å²) in [4.78, 5) is 14.4. The molecule has 122 valence electrons. The molecule has 23 heavy (non-hydrogen) atoms. The third kappa shape index (κ3) is 7.89. The number of aromatic nitrogens is 1. The van der Waals surface area contributed by atoms with Gasteiger partial charge in [0.25, 0.3) is 10.1 Å². The van der Waals surface area contributed by atoms with E-state index in [1.807, 2.05) is 0 Å². The summed E-state index contributed by atoms with van der Waals surface area (Å²) in [5.74, 6) is -0.512. The number of carbonyl (C=O) groups excluding carboxylic acids is 1. The van der Waals surface area contributed by atoms with Crippen LogP contribution < -0.4 is 5.73 Å². The lowest BCUT2D eigenvalue weighted by molar-refractivity contribution is 0.100. The van der Waals surface area contributed by atoms with Gasteiger partial charge in [0, 0.05) is 16.9 Å². The fourth-order valence-electron chi connectivity index (χ4n) is 1.33. The zero-order valence-corrected chi connectivity index (χ0v) is 14.7. The van der Waals surface area contributed by atoms with Crippen molar-refractivity contribution in [1.29, 1.82) is 0 Å². The highest BCUT2D eigenvalue weighted by Gasteiger charge is 2.05. The highest BCUT2D eigenvalue weighted by molar-refractivity contribution is 9.10. The van der Waals surface area contributed by atoms with E-state index >= 15 is 0 Å². The molecule has 1 aromatic carbocycles. The maximum atomic E-state index is 10.7. The molecule has 1 amide bonds. The second kappa shape index (κ2) is 8.78. The van der Waals surface area contributed by atoms with Gasteiger partial charge in [0.15, 0.2) is 0 Å². The van der Waals surface area contributed by atoms with E-state index in [0.717, 1.165) is 4.47 Å². The molecular weight excluding hydrogens is 408 g/mol. The molecule has 0 atom stereocenters. The topological polar surface area (TPSA) is 110 Å². The van der Waals surface area contributed by atoms with Crippen LogP contribution in [-0.2, 0) is 10.1 Å². The Kier molecular flexibility index (Phi) is 7.37. The van der Waals surface area contributed by atoms with Crippen molar-refractivity contribution in [2.75, 3.05) is 0 Å². The predicted octanol–water partition coefficient (Wildman–Crippen LogP) is 3.14. The summed E-state index contributed by atoms with van der Waals surface area (Å²) in [5, 5.41) is 1.08. The van der Waals surface area contributed by atoms with Gasteiger partial charge < -0.3 is 5.73 Å². The monoisotopic (exact) mass is 418 g/mol. The highest BCUT2D eigenvalue weighted by Crippen LogP contribution is 2.20.